The zero-order valence-electron chi connectivity index (χ0n) is 16.0. The molecule has 0 aliphatic heterocycles. The second-order valence-electron chi connectivity index (χ2n) is 6.35. The Morgan fingerprint density at radius 2 is 2.04 bits per heavy atom. The SMILES string of the molecule is CC[C@@H](C(=O)Nc1nnc(SC(C)C)s1)N(c1cccc(C)c1)S(C)(=O)=O. The summed E-state index contributed by atoms with van der Waals surface area (Å²) in [5.41, 5.74) is 1.38. The zero-order chi connectivity index (χ0) is 20.2. The number of amides is 1. The van der Waals surface area contributed by atoms with Crippen LogP contribution in [0.25, 0.3) is 0 Å². The van der Waals surface area contributed by atoms with Gasteiger partial charge in [-0.3, -0.25) is 14.4 Å². The Bertz CT molecular complexity index is 896. The van der Waals surface area contributed by atoms with Gasteiger partial charge in [0.25, 0.3) is 0 Å². The molecule has 0 saturated heterocycles. The fraction of sp³-hybridized carbons (Fsp3) is 0.471. The number of aryl methyl sites for hydroxylation is 1. The number of nitrogens with zero attached hydrogens (tertiary/aromatic N) is 3. The highest BCUT2D eigenvalue weighted by atomic mass is 32.2. The third-order valence-corrected chi connectivity index (χ3v) is 6.67. The maximum atomic E-state index is 12.8. The molecule has 10 heteroatoms. The van der Waals surface area contributed by atoms with Crippen molar-refractivity contribution in [2.45, 2.75) is 49.7 Å². The number of hydrogen-bond donors (Lipinski definition) is 1. The third-order valence-electron chi connectivity index (χ3n) is 3.56. The van der Waals surface area contributed by atoms with E-state index in [1.165, 1.54) is 15.6 Å². The van der Waals surface area contributed by atoms with E-state index in [2.05, 4.69) is 15.5 Å². The number of sulfonamides is 1. The lowest BCUT2D eigenvalue weighted by Crippen LogP contribution is -2.47. The van der Waals surface area contributed by atoms with Crippen LogP contribution in [-0.4, -0.2) is 42.1 Å². The van der Waals surface area contributed by atoms with Gasteiger partial charge in [-0.15, -0.1) is 10.2 Å². The Hall–Kier alpha value is -1.65. The fourth-order valence-corrected chi connectivity index (χ4v) is 5.71. The summed E-state index contributed by atoms with van der Waals surface area (Å²) in [7, 11) is -3.66. The molecule has 1 N–H and O–H groups in total. The van der Waals surface area contributed by atoms with Crippen LogP contribution in [-0.2, 0) is 14.8 Å². The highest BCUT2D eigenvalue weighted by molar-refractivity contribution is 8.01. The van der Waals surface area contributed by atoms with Gasteiger partial charge in [0.15, 0.2) is 4.34 Å². The Kier molecular flexibility index (Phi) is 7.24. The van der Waals surface area contributed by atoms with Gasteiger partial charge in [-0.05, 0) is 31.0 Å². The summed E-state index contributed by atoms with van der Waals surface area (Å²) in [6, 6.07) is 6.20. The average Bonchev–Trinajstić information content (AvgIpc) is 2.97. The zero-order valence-corrected chi connectivity index (χ0v) is 18.4. The van der Waals surface area contributed by atoms with Gasteiger partial charge >= 0.3 is 0 Å². The van der Waals surface area contributed by atoms with Crippen LogP contribution in [0.4, 0.5) is 10.8 Å². The maximum absolute atomic E-state index is 12.8. The van der Waals surface area contributed by atoms with Gasteiger partial charge in [-0.2, -0.15) is 0 Å². The lowest BCUT2D eigenvalue weighted by Gasteiger charge is -2.30. The molecular formula is C17H24N4O3S3. The topological polar surface area (TPSA) is 92.3 Å². The van der Waals surface area contributed by atoms with E-state index in [0.717, 1.165) is 16.2 Å². The first-order valence-electron chi connectivity index (χ1n) is 8.49. The molecule has 0 bridgehead atoms. The molecule has 0 unspecified atom stereocenters. The van der Waals surface area contributed by atoms with Crippen molar-refractivity contribution < 1.29 is 13.2 Å². The summed E-state index contributed by atoms with van der Waals surface area (Å²) in [5, 5.41) is 11.4. The van der Waals surface area contributed by atoms with Gasteiger partial charge in [-0.1, -0.05) is 56.0 Å². The van der Waals surface area contributed by atoms with Crippen LogP contribution < -0.4 is 9.62 Å². The lowest BCUT2D eigenvalue weighted by atomic mass is 10.1. The molecular weight excluding hydrogens is 404 g/mol. The third kappa shape index (κ3) is 5.91. The van der Waals surface area contributed by atoms with Crippen LogP contribution in [0.15, 0.2) is 28.6 Å². The molecule has 148 valence electrons. The van der Waals surface area contributed by atoms with Gasteiger partial charge < -0.3 is 0 Å². The number of aromatic nitrogens is 2. The van der Waals surface area contributed by atoms with Crippen molar-refractivity contribution in [3.63, 3.8) is 0 Å². The van der Waals surface area contributed by atoms with E-state index in [4.69, 9.17) is 0 Å². The molecule has 1 aromatic carbocycles. The predicted molar refractivity (Wildman–Crippen MR) is 112 cm³/mol. The molecule has 0 radical (unpaired) electrons. The minimum Gasteiger partial charge on any atom is -0.299 e. The molecule has 2 aromatic rings. The molecule has 2 rings (SSSR count). The van der Waals surface area contributed by atoms with Crippen LogP contribution >= 0.6 is 23.1 Å². The minimum absolute atomic E-state index is 0.319. The molecule has 1 heterocycles. The quantitative estimate of drug-likeness (QED) is 0.511. The van der Waals surface area contributed by atoms with Crippen molar-refractivity contribution in [1.82, 2.24) is 10.2 Å². The summed E-state index contributed by atoms with van der Waals surface area (Å²) < 4.78 is 26.8. The number of carbonyl (C=O) groups is 1. The predicted octanol–water partition coefficient (Wildman–Crippen LogP) is 3.53. The number of thioether (sulfide) groups is 1. The van der Waals surface area contributed by atoms with E-state index < -0.39 is 22.0 Å². The normalized spacial score (nSPS) is 12.8. The smallest absolute Gasteiger partial charge is 0.250 e. The molecule has 27 heavy (non-hydrogen) atoms. The molecule has 0 saturated carbocycles. The van der Waals surface area contributed by atoms with E-state index in [-0.39, 0.29) is 0 Å². The summed E-state index contributed by atoms with van der Waals surface area (Å²) in [6.45, 7) is 7.74. The Morgan fingerprint density at radius 1 is 1.33 bits per heavy atom. The number of nitrogens with one attached hydrogen (secondary N) is 1. The summed E-state index contributed by atoms with van der Waals surface area (Å²) >= 11 is 2.83. The second kappa shape index (κ2) is 9.03. The number of anilines is 2. The Balaban J connectivity index is 2.28. The first kappa shape index (κ1) is 21.6. The van der Waals surface area contributed by atoms with Crippen LogP contribution in [0.3, 0.4) is 0 Å². The van der Waals surface area contributed by atoms with Crippen molar-refractivity contribution in [3.8, 4) is 0 Å². The molecule has 1 amide bonds. The Labute approximate surface area is 168 Å². The van der Waals surface area contributed by atoms with Crippen LogP contribution in [0.1, 0.15) is 32.8 Å². The fourth-order valence-electron chi connectivity index (χ4n) is 2.52. The van der Waals surface area contributed by atoms with Gasteiger partial charge in [0.2, 0.25) is 21.1 Å². The number of rotatable bonds is 8. The molecule has 0 fully saturated rings. The second-order valence-corrected chi connectivity index (χ2v) is 11.0. The van der Waals surface area contributed by atoms with E-state index in [1.807, 2.05) is 26.8 Å². The summed E-state index contributed by atoms with van der Waals surface area (Å²) in [6.07, 6.45) is 1.42. The molecule has 0 aliphatic carbocycles. The van der Waals surface area contributed by atoms with Crippen molar-refractivity contribution in [2.24, 2.45) is 0 Å². The van der Waals surface area contributed by atoms with E-state index in [9.17, 15) is 13.2 Å². The highest BCUT2D eigenvalue weighted by Crippen LogP contribution is 2.29. The monoisotopic (exact) mass is 428 g/mol. The average molecular weight is 429 g/mol. The number of benzene rings is 1. The largest absolute Gasteiger partial charge is 0.299 e. The minimum atomic E-state index is -3.66. The van der Waals surface area contributed by atoms with Crippen LogP contribution in [0.5, 0.6) is 0 Å². The first-order valence-corrected chi connectivity index (χ1v) is 12.0. The van der Waals surface area contributed by atoms with Crippen LogP contribution in [0, 0.1) is 6.92 Å². The summed E-state index contributed by atoms with van der Waals surface area (Å²) in [4.78, 5) is 12.8. The first-order chi connectivity index (χ1) is 12.6. The van der Waals surface area contributed by atoms with Crippen molar-refractivity contribution in [2.75, 3.05) is 15.9 Å². The number of hydrogen-bond acceptors (Lipinski definition) is 7. The molecule has 1 aromatic heterocycles. The highest BCUT2D eigenvalue weighted by Gasteiger charge is 2.32. The van der Waals surface area contributed by atoms with Gasteiger partial charge in [0, 0.05) is 5.25 Å². The van der Waals surface area contributed by atoms with Gasteiger partial charge in [-0.25, -0.2) is 8.42 Å². The molecule has 0 spiro atoms. The Morgan fingerprint density at radius 3 is 2.59 bits per heavy atom. The molecule has 0 aliphatic rings. The molecule has 7 nitrogen and oxygen atoms in total. The lowest BCUT2D eigenvalue weighted by molar-refractivity contribution is -0.117. The number of carbonyl (C=O) groups excluding carboxylic acids is 1. The molecule has 1 atom stereocenters. The van der Waals surface area contributed by atoms with E-state index in [0.29, 0.717) is 22.5 Å². The van der Waals surface area contributed by atoms with Gasteiger partial charge in [0.05, 0.1) is 11.9 Å². The van der Waals surface area contributed by atoms with Crippen molar-refractivity contribution in [1.29, 1.82) is 0 Å². The van der Waals surface area contributed by atoms with Crippen LogP contribution in [0.2, 0.25) is 0 Å². The van der Waals surface area contributed by atoms with Crippen molar-refractivity contribution in [3.05, 3.63) is 29.8 Å². The van der Waals surface area contributed by atoms with Gasteiger partial charge in [0.1, 0.15) is 6.04 Å². The standard InChI is InChI=1S/C17H24N4O3S3/c1-6-14(15(22)18-16-19-20-17(26-16)25-11(2)3)21(27(5,23)24)13-9-7-8-12(4)10-13/h7-11,14H,6H2,1-5H3,(H,18,19,22)/t14-/m0/s1. The van der Waals surface area contributed by atoms with E-state index >= 15 is 0 Å². The summed E-state index contributed by atoms with van der Waals surface area (Å²) in [5.74, 6) is -0.429. The maximum Gasteiger partial charge on any atom is 0.250 e. The van der Waals surface area contributed by atoms with Crippen molar-refractivity contribution >= 4 is 49.8 Å². The van der Waals surface area contributed by atoms with E-state index in [1.54, 1.807) is 36.9 Å².